The second kappa shape index (κ2) is 5.23. The van der Waals surface area contributed by atoms with Gasteiger partial charge in [0.1, 0.15) is 0 Å². The smallest absolute Gasteiger partial charge is 0.219 e. The second-order valence-corrected chi connectivity index (χ2v) is 4.83. The predicted molar refractivity (Wildman–Crippen MR) is 69.7 cm³/mol. The molecule has 4 heteroatoms. The topological polar surface area (TPSA) is 52.5 Å². The lowest BCUT2D eigenvalue weighted by molar-refractivity contribution is -0.169. The molecular weight excluding hydrogens is 236 g/mol. The Morgan fingerprint density at radius 1 is 1.24 bits per heavy atom. The first-order valence-electron chi connectivity index (χ1n) is 5.06. The molecule has 1 unspecified atom stereocenters. The molecule has 0 aliphatic rings. The van der Waals surface area contributed by atoms with E-state index >= 15 is 0 Å². The molecule has 1 N–H and O–H groups in total. The van der Waals surface area contributed by atoms with Crippen molar-refractivity contribution in [3.63, 3.8) is 0 Å². The van der Waals surface area contributed by atoms with Crippen molar-refractivity contribution in [3.05, 3.63) is 53.4 Å². The summed E-state index contributed by atoms with van der Waals surface area (Å²) >= 11 is -1.19. The Kier molecular flexibility index (Phi) is 3.68. The molecule has 0 spiro atoms. The third kappa shape index (κ3) is 2.61. The van der Waals surface area contributed by atoms with Gasteiger partial charge in [-0.1, -0.05) is 42.5 Å². The van der Waals surface area contributed by atoms with E-state index in [9.17, 15) is 4.55 Å². The fraction of sp³-hybridized carbons (Fsp3) is 0.0769. The molecule has 0 bridgehead atoms. The summed E-state index contributed by atoms with van der Waals surface area (Å²) in [4.78, 5) is 4.32. The van der Waals surface area contributed by atoms with Crippen LogP contribution in [-0.4, -0.2) is 16.1 Å². The molecule has 2 aromatic carbocycles. The quantitative estimate of drug-likeness (QED) is 0.393. The number of benzene rings is 2. The number of fused-ring (bicyclic) bond motifs is 1. The maximum absolute atomic E-state index is 11.2. The highest BCUT2D eigenvalue weighted by atomic mass is 32.2. The largest absolute Gasteiger partial charge is 0.612 e. The molecule has 17 heavy (non-hydrogen) atoms. The average molecular weight is 248 g/mol. The van der Waals surface area contributed by atoms with Crippen LogP contribution in [0.5, 0.6) is 0 Å². The summed E-state index contributed by atoms with van der Waals surface area (Å²) in [5, 5.41) is 12.2. The van der Waals surface area contributed by atoms with Crippen molar-refractivity contribution in [3.8, 4) is 0 Å². The Bertz CT molecular complexity index is 544. The van der Waals surface area contributed by atoms with E-state index < -0.39 is 11.2 Å². The van der Waals surface area contributed by atoms with E-state index in [4.69, 9.17) is 5.26 Å². The van der Waals surface area contributed by atoms with E-state index in [0.717, 1.165) is 16.3 Å². The molecular formula is C13H12O3S. The predicted octanol–water partition coefficient (Wildman–Crippen LogP) is 3.01. The van der Waals surface area contributed by atoms with E-state index in [0.29, 0.717) is 0 Å². The Balaban J connectivity index is 2.61. The van der Waals surface area contributed by atoms with Gasteiger partial charge in [-0.25, -0.2) is 5.26 Å². The maximum atomic E-state index is 11.2. The zero-order valence-electron chi connectivity index (χ0n) is 9.29. The van der Waals surface area contributed by atoms with Crippen LogP contribution >= 0.6 is 0 Å². The lowest BCUT2D eigenvalue weighted by Gasteiger charge is -2.07. The van der Waals surface area contributed by atoms with E-state index in [1.807, 2.05) is 42.5 Å². The van der Waals surface area contributed by atoms with Crippen LogP contribution in [0.25, 0.3) is 16.5 Å². The van der Waals surface area contributed by atoms with Gasteiger partial charge in [-0.15, -0.1) is 0 Å². The maximum Gasteiger partial charge on any atom is 0.219 e. The van der Waals surface area contributed by atoms with Gasteiger partial charge in [0, 0.05) is 5.56 Å². The first-order valence-corrected chi connectivity index (χ1v) is 6.68. The fourth-order valence-electron chi connectivity index (χ4n) is 1.73. The van der Waals surface area contributed by atoms with E-state index in [1.165, 1.54) is 11.7 Å². The molecule has 0 saturated heterocycles. The molecule has 0 amide bonds. The Morgan fingerprint density at radius 2 is 1.94 bits per heavy atom. The highest BCUT2D eigenvalue weighted by molar-refractivity contribution is 7.93. The van der Waals surface area contributed by atoms with Gasteiger partial charge in [-0.05, 0) is 21.9 Å². The summed E-state index contributed by atoms with van der Waals surface area (Å²) in [7, 11) is 0. The van der Waals surface area contributed by atoms with Crippen molar-refractivity contribution in [1.82, 2.24) is 0 Å². The van der Waals surface area contributed by atoms with Gasteiger partial charge in [0.25, 0.3) is 0 Å². The first-order chi connectivity index (χ1) is 8.22. The van der Waals surface area contributed by atoms with Crippen LogP contribution in [0.4, 0.5) is 0 Å². The van der Waals surface area contributed by atoms with E-state index in [2.05, 4.69) is 4.89 Å². The third-order valence-electron chi connectivity index (χ3n) is 2.43. The molecule has 0 aliphatic carbocycles. The van der Waals surface area contributed by atoms with Crippen LogP contribution in [0.15, 0.2) is 47.9 Å². The molecule has 0 aromatic heterocycles. The van der Waals surface area contributed by atoms with Crippen molar-refractivity contribution < 1.29 is 14.7 Å². The Morgan fingerprint density at radius 3 is 2.65 bits per heavy atom. The fourth-order valence-corrected chi connectivity index (χ4v) is 2.20. The summed E-state index contributed by atoms with van der Waals surface area (Å²) in [6.45, 7) is 0. The molecule has 3 nitrogen and oxygen atoms in total. The highest BCUT2D eigenvalue weighted by Crippen LogP contribution is 2.25. The summed E-state index contributed by atoms with van der Waals surface area (Å²) in [6, 6.07) is 13.4. The third-order valence-corrected chi connectivity index (χ3v) is 2.97. The normalized spacial score (nSPS) is 13.7. The second-order valence-electron chi connectivity index (χ2n) is 3.60. The molecule has 0 heterocycles. The van der Waals surface area contributed by atoms with Crippen LogP contribution in [0, 0.1) is 0 Å². The molecule has 2 aromatic rings. The van der Waals surface area contributed by atoms with E-state index in [1.54, 1.807) is 0 Å². The van der Waals surface area contributed by atoms with Gasteiger partial charge in [0.2, 0.25) is 5.76 Å². The van der Waals surface area contributed by atoms with E-state index in [-0.39, 0.29) is 5.76 Å². The van der Waals surface area contributed by atoms with Gasteiger partial charge in [0.15, 0.2) is 5.41 Å². The molecule has 0 fully saturated rings. The summed E-state index contributed by atoms with van der Waals surface area (Å²) in [6.07, 6.45) is 1.52. The van der Waals surface area contributed by atoms with Gasteiger partial charge in [-0.3, -0.25) is 0 Å². The monoisotopic (exact) mass is 248 g/mol. The van der Waals surface area contributed by atoms with Crippen molar-refractivity contribution >= 4 is 27.7 Å². The minimum Gasteiger partial charge on any atom is -0.612 e. The van der Waals surface area contributed by atoms with Crippen LogP contribution < -0.4 is 0 Å². The molecule has 2 rings (SSSR count). The van der Waals surface area contributed by atoms with Gasteiger partial charge >= 0.3 is 0 Å². The van der Waals surface area contributed by atoms with Gasteiger partial charge in [0.05, 0.1) is 6.26 Å². The zero-order valence-corrected chi connectivity index (χ0v) is 10.1. The number of hydrogen-bond donors (Lipinski definition) is 1. The summed E-state index contributed by atoms with van der Waals surface area (Å²) in [5.74, 6) is 0.211. The standard InChI is InChI=1S/C13H12O3S/c1-17(15)9-13(16-14)12-8-4-6-10-5-2-3-7-11(10)12/h2-9,14H,1H3. The minimum atomic E-state index is -1.19. The SMILES string of the molecule is C[S+]([O-])C=C(OO)c1cccc2ccccc12. The highest BCUT2D eigenvalue weighted by Gasteiger charge is 2.10. The van der Waals surface area contributed by atoms with Crippen molar-refractivity contribution in [2.45, 2.75) is 0 Å². The van der Waals surface area contributed by atoms with Crippen molar-refractivity contribution in [2.24, 2.45) is 0 Å². The summed E-state index contributed by atoms with van der Waals surface area (Å²) in [5.41, 5.74) is 0.723. The summed E-state index contributed by atoms with van der Waals surface area (Å²) < 4.78 is 11.2. The van der Waals surface area contributed by atoms with Crippen molar-refractivity contribution in [1.29, 1.82) is 0 Å². The molecule has 0 saturated carbocycles. The zero-order chi connectivity index (χ0) is 12.3. The van der Waals surface area contributed by atoms with Crippen molar-refractivity contribution in [2.75, 3.05) is 6.26 Å². The lowest BCUT2D eigenvalue weighted by Crippen LogP contribution is -1.96. The van der Waals surface area contributed by atoms with Crippen LogP contribution in [0.1, 0.15) is 5.56 Å². The van der Waals surface area contributed by atoms with Crippen LogP contribution in [-0.2, 0) is 16.1 Å². The first kappa shape index (κ1) is 12.0. The molecule has 0 radical (unpaired) electrons. The average Bonchev–Trinajstić information content (AvgIpc) is 2.35. The number of rotatable bonds is 3. The van der Waals surface area contributed by atoms with Gasteiger partial charge in [-0.2, -0.15) is 0 Å². The molecule has 0 aliphatic heterocycles. The number of hydrogen-bond acceptors (Lipinski definition) is 3. The Labute approximate surface area is 102 Å². The van der Waals surface area contributed by atoms with Gasteiger partial charge < -0.3 is 9.44 Å². The minimum absolute atomic E-state index is 0.211. The van der Waals surface area contributed by atoms with Crippen LogP contribution in [0.3, 0.4) is 0 Å². The Hall–Kier alpha value is -1.49. The lowest BCUT2D eigenvalue weighted by atomic mass is 10.0. The molecule has 1 atom stereocenters. The van der Waals surface area contributed by atoms with Crippen LogP contribution in [0.2, 0.25) is 0 Å². The molecule has 88 valence electrons.